The SMILES string of the molecule is OC1CCCCC1Sc1nnc(C2CC2)s1. The molecule has 0 radical (unpaired) electrons. The molecule has 2 fully saturated rings. The number of aliphatic hydroxyl groups excluding tert-OH is 1. The second kappa shape index (κ2) is 4.63. The zero-order valence-corrected chi connectivity index (χ0v) is 10.8. The minimum absolute atomic E-state index is 0.146. The van der Waals surface area contributed by atoms with E-state index in [1.807, 2.05) is 0 Å². The van der Waals surface area contributed by atoms with Gasteiger partial charge in [-0.1, -0.05) is 35.9 Å². The van der Waals surface area contributed by atoms with Crippen molar-refractivity contribution in [3.63, 3.8) is 0 Å². The number of nitrogens with zero attached hydrogens (tertiary/aromatic N) is 2. The lowest BCUT2D eigenvalue weighted by atomic mass is 9.97. The lowest BCUT2D eigenvalue weighted by molar-refractivity contribution is 0.137. The van der Waals surface area contributed by atoms with Crippen LogP contribution in [0.3, 0.4) is 0 Å². The van der Waals surface area contributed by atoms with Crippen LogP contribution in [0.1, 0.15) is 49.5 Å². The highest BCUT2D eigenvalue weighted by molar-refractivity contribution is 8.01. The van der Waals surface area contributed by atoms with Gasteiger partial charge >= 0.3 is 0 Å². The molecule has 2 saturated carbocycles. The average molecular weight is 256 g/mol. The standard InChI is InChI=1S/C11H16N2OS2/c14-8-3-1-2-4-9(8)15-11-13-12-10(16-11)7-5-6-7/h7-9,14H,1-6H2. The highest BCUT2D eigenvalue weighted by Gasteiger charge is 2.29. The van der Waals surface area contributed by atoms with E-state index < -0.39 is 0 Å². The van der Waals surface area contributed by atoms with Gasteiger partial charge in [0.15, 0.2) is 4.34 Å². The van der Waals surface area contributed by atoms with Gasteiger partial charge in [-0.15, -0.1) is 10.2 Å². The number of rotatable bonds is 3. The Morgan fingerprint density at radius 1 is 1.12 bits per heavy atom. The fraction of sp³-hybridized carbons (Fsp3) is 0.818. The molecular formula is C11H16N2OS2. The number of aromatic nitrogens is 2. The molecule has 2 atom stereocenters. The second-order valence-electron chi connectivity index (χ2n) is 4.69. The molecule has 16 heavy (non-hydrogen) atoms. The second-order valence-corrected chi connectivity index (χ2v) is 7.18. The molecule has 5 heteroatoms. The first-order valence-electron chi connectivity index (χ1n) is 6.01. The van der Waals surface area contributed by atoms with Crippen molar-refractivity contribution in [1.29, 1.82) is 0 Å². The van der Waals surface area contributed by atoms with Gasteiger partial charge in [-0.2, -0.15) is 0 Å². The van der Waals surface area contributed by atoms with Crippen LogP contribution in [0.15, 0.2) is 4.34 Å². The quantitative estimate of drug-likeness (QED) is 0.903. The minimum Gasteiger partial charge on any atom is -0.392 e. The zero-order valence-electron chi connectivity index (χ0n) is 9.13. The summed E-state index contributed by atoms with van der Waals surface area (Å²) in [6, 6.07) is 0. The Labute approximate surface area is 104 Å². The molecule has 2 aliphatic rings. The average Bonchev–Trinajstić information content (AvgIpc) is 3.03. The lowest BCUT2D eigenvalue weighted by Crippen LogP contribution is -2.26. The van der Waals surface area contributed by atoms with Gasteiger partial charge < -0.3 is 5.11 Å². The molecule has 3 nitrogen and oxygen atoms in total. The van der Waals surface area contributed by atoms with Crippen LogP contribution in [0.2, 0.25) is 0 Å². The highest BCUT2D eigenvalue weighted by atomic mass is 32.2. The van der Waals surface area contributed by atoms with Crippen molar-refractivity contribution in [2.45, 2.75) is 60.1 Å². The first-order valence-corrected chi connectivity index (χ1v) is 7.70. The molecule has 3 rings (SSSR count). The number of thioether (sulfide) groups is 1. The van der Waals surface area contributed by atoms with Crippen LogP contribution in [-0.4, -0.2) is 26.7 Å². The molecule has 0 saturated heterocycles. The Hall–Kier alpha value is -0.130. The summed E-state index contributed by atoms with van der Waals surface area (Å²) in [4.78, 5) is 0. The smallest absolute Gasteiger partial charge is 0.174 e. The summed E-state index contributed by atoms with van der Waals surface area (Å²) < 4.78 is 1.05. The fourth-order valence-corrected chi connectivity index (χ4v) is 4.60. The van der Waals surface area contributed by atoms with Crippen molar-refractivity contribution in [1.82, 2.24) is 10.2 Å². The van der Waals surface area contributed by atoms with Gasteiger partial charge in [0.25, 0.3) is 0 Å². The van der Waals surface area contributed by atoms with E-state index in [9.17, 15) is 5.11 Å². The summed E-state index contributed by atoms with van der Waals surface area (Å²) in [6.07, 6.45) is 6.89. The molecule has 1 aromatic heterocycles. The van der Waals surface area contributed by atoms with Crippen LogP contribution in [0.25, 0.3) is 0 Å². The van der Waals surface area contributed by atoms with E-state index in [-0.39, 0.29) is 6.10 Å². The Bertz CT molecular complexity index is 365. The molecule has 2 aliphatic carbocycles. The Kier molecular flexibility index (Phi) is 3.18. The molecule has 1 N–H and O–H groups in total. The third kappa shape index (κ3) is 2.41. The maximum Gasteiger partial charge on any atom is 0.174 e. The van der Waals surface area contributed by atoms with Gasteiger partial charge in [0.1, 0.15) is 5.01 Å². The van der Waals surface area contributed by atoms with E-state index >= 15 is 0 Å². The van der Waals surface area contributed by atoms with Crippen molar-refractivity contribution in [2.24, 2.45) is 0 Å². The van der Waals surface area contributed by atoms with Gasteiger partial charge in [0.05, 0.1) is 6.10 Å². The first-order chi connectivity index (χ1) is 7.83. The Morgan fingerprint density at radius 2 is 1.94 bits per heavy atom. The largest absolute Gasteiger partial charge is 0.392 e. The van der Waals surface area contributed by atoms with Gasteiger partial charge in [0, 0.05) is 11.2 Å². The minimum atomic E-state index is -0.146. The summed E-state index contributed by atoms with van der Waals surface area (Å²) in [5, 5.41) is 19.9. The lowest BCUT2D eigenvalue weighted by Gasteiger charge is -2.25. The molecule has 0 spiro atoms. The maximum absolute atomic E-state index is 9.89. The monoisotopic (exact) mass is 256 g/mol. The molecule has 88 valence electrons. The van der Waals surface area contributed by atoms with E-state index in [4.69, 9.17) is 0 Å². The van der Waals surface area contributed by atoms with E-state index in [0.717, 1.165) is 17.2 Å². The van der Waals surface area contributed by atoms with Gasteiger partial charge in [-0.3, -0.25) is 0 Å². The summed E-state index contributed by atoms with van der Waals surface area (Å²) in [7, 11) is 0. The van der Waals surface area contributed by atoms with Crippen LogP contribution in [-0.2, 0) is 0 Å². The molecule has 1 aromatic rings. The fourth-order valence-electron chi connectivity index (χ4n) is 2.11. The van der Waals surface area contributed by atoms with Crippen molar-refractivity contribution in [3.05, 3.63) is 5.01 Å². The molecule has 0 aliphatic heterocycles. The Morgan fingerprint density at radius 3 is 2.69 bits per heavy atom. The number of hydrogen-bond donors (Lipinski definition) is 1. The molecule has 1 heterocycles. The first kappa shape index (κ1) is 11.0. The molecular weight excluding hydrogens is 240 g/mol. The van der Waals surface area contributed by atoms with E-state index in [1.165, 1.54) is 30.7 Å². The Balaban J connectivity index is 1.63. The normalized spacial score (nSPS) is 30.6. The summed E-state index contributed by atoms with van der Waals surface area (Å²) in [5.41, 5.74) is 0. The predicted octanol–water partition coefficient (Wildman–Crippen LogP) is 2.81. The van der Waals surface area contributed by atoms with Gasteiger partial charge in [-0.05, 0) is 25.7 Å². The van der Waals surface area contributed by atoms with Gasteiger partial charge in [0.2, 0.25) is 0 Å². The molecule has 2 unspecified atom stereocenters. The van der Waals surface area contributed by atoms with Gasteiger partial charge in [-0.25, -0.2) is 0 Å². The zero-order chi connectivity index (χ0) is 11.0. The molecule has 0 bridgehead atoms. The van der Waals surface area contributed by atoms with Crippen LogP contribution < -0.4 is 0 Å². The van der Waals surface area contributed by atoms with Crippen LogP contribution >= 0.6 is 23.1 Å². The third-order valence-electron chi connectivity index (χ3n) is 3.27. The maximum atomic E-state index is 9.89. The van der Waals surface area contributed by atoms with Crippen molar-refractivity contribution in [3.8, 4) is 0 Å². The van der Waals surface area contributed by atoms with Crippen LogP contribution in [0, 0.1) is 0 Å². The highest BCUT2D eigenvalue weighted by Crippen LogP contribution is 2.43. The van der Waals surface area contributed by atoms with Crippen LogP contribution in [0.5, 0.6) is 0 Å². The van der Waals surface area contributed by atoms with E-state index in [1.54, 1.807) is 23.1 Å². The topological polar surface area (TPSA) is 46.0 Å². The number of hydrogen-bond acceptors (Lipinski definition) is 5. The number of aliphatic hydroxyl groups is 1. The summed E-state index contributed by atoms with van der Waals surface area (Å²) in [6.45, 7) is 0. The van der Waals surface area contributed by atoms with E-state index in [2.05, 4.69) is 10.2 Å². The summed E-state index contributed by atoms with van der Waals surface area (Å²) in [5.74, 6) is 0.697. The van der Waals surface area contributed by atoms with Crippen molar-refractivity contribution in [2.75, 3.05) is 0 Å². The van der Waals surface area contributed by atoms with Crippen molar-refractivity contribution < 1.29 is 5.11 Å². The van der Waals surface area contributed by atoms with Crippen molar-refractivity contribution >= 4 is 23.1 Å². The third-order valence-corrected chi connectivity index (χ3v) is 5.82. The summed E-state index contributed by atoms with van der Waals surface area (Å²) >= 11 is 3.46. The van der Waals surface area contributed by atoms with Crippen LogP contribution in [0.4, 0.5) is 0 Å². The molecule has 0 amide bonds. The van der Waals surface area contributed by atoms with E-state index in [0.29, 0.717) is 11.2 Å². The predicted molar refractivity (Wildman–Crippen MR) is 66.0 cm³/mol. The molecule has 0 aromatic carbocycles.